The van der Waals surface area contributed by atoms with Crippen molar-refractivity contribution in [3.8, 4) is 0 Å². The van der Waals surface area contributed by atoms with Gasteiger partial charge in [-0.3, -0.25) is 0 Å². The molecule has 0 atom stereocenters. The van der Waals surface area contributed by atoms with Crippen LogP contribution in [0.4, 0.5) is 0 Å². The molecule has 0 aliphatic rings. The monoisotopic (exact) mass is 190 g/mol. The topological polar surface area (TPSA) is 0 Å². The summed E-state index contributed by atoms with van der Waals surface area (Å²) in [6.07, 6.45) is 11.8. The molecule has 0 bridgehead atoms. The highest BCUT2D eigenvalue weighted by atomic mass is 13.9. The molecule has 0 amide bonds. The predicted octanol–water partition coefficient (Wildman–Crippen LogP) is 4.81. The lowest BCUT2D eigenvalue weighted by molar-refractivity contribution is 1.14. The number of rotatable bonds is 4. The van der Waals surface area contributed by atoms with E-state index in [9.17, 15) is 0 Å². The maximum Gasteiger partial charge on any atom is -0.0307 e. The maximum absolute atomic E-state index is 2.24. The van der Waals surface area contributed by atoms with Crippen LogP contribution in [-0.2, 0) is 0 Å². The Hall–Kier alpha value is -1.04. The lowest BCUT2D eigenvalue weighted by Crippen LogP contribution is -1.78. The van der Waals surface area contributed by atoms with Crippen LogP contribution in [0.5, 0.6) is 0 Å². The molecule has 0 heteroatoms. The Balaban J connectivity index is 4.66. The highest BCUT2D eigenvalue weighted by Gasteiger charge is 1.89. The molecule has 0 heterocycles. The van der Waals surface area contributed by atoms with Crippen molar-refractivity contribution in [1.82, 2.24) is 0 Å². The van der Waals surface area contributed by atoms with Gasteiger partial charge < -0.3 is 0 Å². The van der Waals surface area contributed by atoms with Crippen LogP contribution in [0.1, 0.15) is 41.0 Å². The molecule has 0 saturated heterocycles. The van der Waals surface area contributed by atoms with Crippen molar-refractivity contribution >= 4 is 0 Å². The van der Waals surface area contributed by atoms with Gasteiger partial charge in [0.05, 0.1) is 0 Å². The second kappa shape index (κ2) is 7.37. The van der Waals surface area contributed by atoms with E-state index >= 15 is 0 Å². The summed E-state index contributed by atoms with van der Waals surface area (Å²) in [6.45, 7) is 10.6. The van der Waals surface area contributed by atoms with E-state index in [1.165, 1.54) is 16.7 Å². The zero-order chi connectivity index (χ0) is 11.0. The Labute approximate surface area is 88.7 Å². The summed E-state index contributed by atoms with van der Waals surface area (Å²) in [6, 6.07) is 0. The standard InChI is InChI=1S/C14H22/c1-6-8-9-14(7-2)11-13(5)10-12(3)4/h6,8-11H,7H2,1-5H3. The van der Waals surface area contributed by atoms with Crippen molar-refractivity contribution in [2.45, 2.75) is 41.0 Å². The minimum absolute atomic E-state index is 1.08. The van der Waals surface area contributed by atoms with Crippen LogP contribution in [0.15, 0.2) is 47.1 Å². The Morgan fingerprint density at radius 2 is 1.71 bits per heavy atom. The highest BCUT2D eigenvalue weighted by molar-refractivity contribution is 5.32. The van der Waals surface area contributed by atoms with Crippen molar-refractivity contribution in [1.29, 1.82) is 0 Å². The first kappa shape index (κ1) is 13.0. The number of hydrogen-bond acceptors (Lipinski definition) is 0. The second-order valence-corrected chi connectivity index (χ2v) is 3.73. The van der Waals surface area contributed by atoms with Gasteiger partial charge in [-0.2, -0.15) is 0 Å². The van der Waals surface area contributed by atoms with E-state index in [-0.39, 0.29) is 0 Å². The van der Waals surface area contributed by atoms with E-state index in [0.29, 0.717) is 0 Å². The fourth-order valence-corrected chi connectivity index (χ4v) is 1.28. The van der Waals surface area contributed by atoms with Gasteiger partial charge in [-0.05, 0) is 39.7 Å². The first-order valence-corrected chi connectivity index (χ1v) is 5.25. The molecule has 0 aromatic rings. The molecule has 0 nitrogen and oxygen atoms in total. The Morgan fingerprint density at radius 3 is 2.14 bits per heavy atom. The Kier molecular flexibility index (Phi) is 6.82. The molecule has 0 radical (unpaired) electrons. The van der Waals surface area contributed by atoms with Gasteiger partial charge in [0.1, 0.15) is 0 Å². The average Bonchev–Trinajstić information content (AvgIpc) is 2.10. The summed E-state index contributed by atoms with van der Waals surface area (Å²) >= 11 is 0. The van der Waals surface area contributed by atoms with Crippen molar-refractivity contribution in [3.63, 3.8) is 0 Å². The first-order chi connectivity index (χ1) is 6.60. The third-order valence-corrected chi connectivity index (χ3v) is 1.84. The lowest BCUT2D eigenvalue weighted by Gasteiger charge is -1.98. The van der Waals surface area contributed by atoms with E-state index in [1.54, 1.807) is 0 Å². The molecule has 0 N–H and O–H groups in total. The average molecular weight is 190 g/mol. The molecule has 0 aromatic carbocycles. The molecular weight excluding hydrogens is 168 g/mol. The molecule has 0 spiro atoms. The smallest absolute Gasteiger partial charge is 0.0307 e. The third-order valence-electron chi connectivity index (χ3n) is 1.84. The van der Waals surface area contributed by atoms with Gasteiger partial charge in [0.25, 0.3) is 0 Å². The van der Waals surface area contributed by atoms with E-state index < -0.39 is 0 Å². The van der Waals surface area contributed by atoms with E-state index in [4.69, 9.17) is 0 Å². The van der Waals surface area contributed by atoms with Crippen molar-refractivity contribution in [2.24, 2.45) is 0 Å². The SMILES string of the molecule is CC=CC=C(C=C(C)C=C(C)C)CC. The zero-order valence-electron chi connectivity index (χ0n) is 10.1. The van der Waals surface area contributed by atoms with Crippen molar-refractivity contribution in [3.05, 3.63) is 47.1 Å². The van der Waals surface area contributed by atoms with E-state index in [0.717, 1.165) is 6.42 Å². The summed E-state index contributed by atoms with van der Waals surface area (Å²) in [7, 11) is 0. The molecule has 78 valence electrons. The van der Waals surface area contributed by atoms with Gasteiger partial charge in [-0.25, -0.2) is 0 Å². The zero-order valence-corrected chi connectivity index (χ0v) is 10.1. The molecule has 0 fully saturated rings. The second-order valence-electron chi connectivity index (χ2n) is 3.73. The van der Waals surface area contributed by atoms with E-state index in [1.807, 2.05) is 6.92 Å². The van der Waals surface area contributed by atoms with Crippen LogP contribution in [0.3, 0.4) is 0 Å². The van der Waals surface area contributed by atoms with Crippen LogP contribution in [0.2, 0.25) is 0 Å². The normalized spacial score (nSPS) is 13.5. The lowest BCUT2D eigenvalue weighted by atomic mass is 10.1. The van der Waals surface area contributed by atoms with Crippen molar-refractivity contribution < 1.29 is 0 Å². The Morgan fingerprint density at radius 1 is 1.07 bits per heavy atom. The summed E-state index contributed by atoms with van der Waals surface area (Å²) < 4.78 is 0. The Bertz CT molecular complexity index is 268. The van der Waals surface area contributed by atoms with E-state index in [2.05, 4.69) is 58.1 Å². The highest BCUT2D eigenvalue weighted by Crippen LogP contribution is 2.09. The maximum atomic E-state index is 2.24. The summed E-state index contributed by atoms with van der Waals surface area (Å²) in [5.74, 6) is 0. The molecule has 0 aliphatic heterocycles. The van der Waals surface area contributed by atoms with Gasteiger partial charge >= 0.3 is 0 Å². The van der Waals surface area contributed by atoms with Gasteiger partial charge in [0.15, 0.2) is 0 Å². The molecule has 0 aliphatic carbocycles. The minimum atomic E-state index is 1.08. The van der Waals surface area contributed by atoms with Crippen LogP contribution in [0.25, 0.3) is 0 Å². The summed E-state index contributed by atoms with van der Waals surface area (Å²) in [4.78, 5) is 0. The molecule has 0 rings (SSSR count). The van der Waals surface area contributed by atoms with Crippen LogP contribution >= 0.6 is 0 Å². The predicted molar refractivity (Wildman–Crippen MR) is 66.4 cm³/mol. The quantitative estimate of drug-likeness (QED) is 0.558. The number of allylic oxidation sites excluding steroid dienone is 8. The van der Waals surface area contributed by atoms with Gasteiger partial charge in [0, 0.05) is 0 Å². The summed E-state index contributed by atoms with van der Waals surface area (Å²) in [5, 5.41) is 0. The fraction of sp³-hybridized carbons (Fsp3) is 0.429. The molecule has 0 saturated carbocycles. The minimum Gasteiger partial charge on any atom is -0.0877 e. The van der Waals surface area contributed by atoms with Gasteiger partial charge in [-0.15, -0.1) is 0 Å². The molecule has 14 heavy (non-hydrogen) atoms. The van der Waals surface area contributed by atoms with Crippen LogP contribution < -0.4 is 0 Å². The van der Waals surface area contributed by atoms with Gasteiger partial charge in [-0.1, -0.05) is 48.5 Å². The number of hydrogen-bond donors (Lipinski definition) is 0. The third kappa shape index (κ3) is 6.47. The fourth-order valence-electron chi connectivity index (χ4n) is 1.28. The summed E-state index contributed by atoms with van der Waals surface area (Å²) in [5.41, 5.74) is 4.04. The van der Waals surface area contributed by atoms with Crippen LogP contribution in [-0.4, -0.2) is 0 Å². The first-order valence-electron chi connectivity index (χ1n) is 5.25. The van der Waals surface area contributed by atoms with Crippen LogP contribution in [0, 0.1) is 0 Å². The van der Waals surface area contributed by atoms with Crippen molar-refractivity contribution in [2.75, 3.05) is 0 Å². The molecular formula is C14H22. The molecule has 0 unspecified atom stereocenters. The largest absolute Gasteiger partial charge is 0.0877 e. The molecule has 0 aromatic heterocycles. The van der Waals surface area contributed by atoms with Gasteiger partial charge in [0.2, 0.25) is 0 Å².